The predicted octanol–water partition coefficient (Wildman–Crippen LogP) is 2.85. The largest absolute Gasteiger partial charge is 0.490 e. The van der Waals surface area contributed by atoms with Crippen LogP contribution in [0.1, 0.15) is 17.1 Å². The highest BCUT2D eigenvalue weighted by Crippen LogP contribution is 2.15. The summed E-state index contributed by atoms with van der Waals surface area (Å²) in [6.07, 6.45) is 0.392. The molecule has 0 atom stereocenters. The molecule has 0 unspecified atom stereocenters. The standard InChI is InChI=1S/C17H20N6.2C2HF3O2/c1-3-15(11-18-5-1)13-21-8-4-17-19-12-16(23(17)10-9-21)14-22-7-2-6-20-22;2*3-2(4,5)1(6)7/h1-3,5-7,11-12H,4,8-10,13-14H2;2*(H,6,7). The maximum atomic E-state index is 10.6. The van der Waals surface area contributed by atoms with Gasteiger partial charge in [0.1, 0.15) is 5.82 Å². The predicted molar refractivity (Wildman–Crippen MR) is 114 cm³/mol. The lowest BCUT2D eigenvalue weighted by molar-refractivity contribution is -0.193. The number of carbonyl (C=O) groups is 2. The zero-order valence-corrected chi connectivity index (χ0v) is 19.0. The fourth-order valence-electron chi connectivity index (χ4n) is 3.13. The smallest absolute Gasteiger partial charge is 0.475 e. The summed E-state index contributed by atoms with van der Waals surface area (Å²) in [5, 5.41) is 18.5. The maximum absolute atomic E-state index is 10.6. The van der Waals surface area contributed by atoms with E-state index in [-0.39, 0.29) is 0 Å². The van der Waals surface area contributed by atoms with Crippen LogP contribution >= 0.6 is 0 Å². The van der Waals surface area contributed by atoms with E-state index in [1.807, 2.05) is 47.8 Å². The van der Waals surface area contributed by atoms with Gasteiger partial charge in [0.25, 0.3) is 0 Å². The molecule has 16 heteroatoms. The Bertz CT molecular complexity index is 1110. The molecular weight excluding hydrogens is 514 g/mol. The molecular formula is C21H22F6N6O4. The van der Waals surface area contributed by atoms with E-state index >= 15 is 0 Å². The maximum Gasteiger partial charge on any atom is 0.490 e. The number of carboxylic acids is 2. The van der Waals surface area contributed by atoms with Crippen LogP contribution < -0.4 is 0 Å². The van der Waals surface area contributed by atoms with E-state index in [0.717, 1.165) is 39.1 Å². The van der Waals surface area contributed by atoms with Crippen molar-refractivity contribution in [2.45, 2.75) is 38.4 Å². The van der Waals surface area contributed by atoms with Gasteiger partial charge in [-0.15, -0.1) is 0 Å². The number of aliphatic carboxylic acids is 2. The summed E-state index contributed by atoms with van der Waals surface area (Å²) < 4.78 is 67.8. The van der Waals surface area contributed by atoms with E-state index in [2.05, 4.69) is 30.6 Å². The first-order valence-corrected chi connectivity index (χ1v) is 10.5. The molecule has 1 aliphatic heterocycles. The lowest BCUT2D eigenvalue weighted by Crippen LogP contribution is -2.26. The Morgan fingerprint density at radius 2 is 1.54 bits per heavy atom. The van der Waals surface area contributed by atoms with E-state index in [9.17, 15) is 26.3 Å². The number of aromatic nitrogens is 5. The minimum Gasteiger partial charge on any atom is -0.475 e. The van der Waals surface area contributed by atoms with Gasteiger partial charge in [-0.2, -0.15) is 31.4 Å². The first-order chi connectivity index (χ1) is 17.3. The number of hydrogen-bond acceptors (Lipinski definition) is 6. The van der Waals surface area contributed by atoms with Gasteiger partial charge >= 0.3 is 24.3 Å². The lowest BCUT2D eigenvalue weighted by atomic mass is 10.2. The summed E-state index contributed by atoms with van der Waals surface area (Å²) >= 11 is 0. The van der Waals surface area contributed by atoms with Crippen molar-refractivity contribution in [3.63, 3.8) is 0 Å². The minimum atomic E-state index is -5.08. The van der Waals surface area contributed by atoms with E-state index in [4.69, 9.17) is 19.8 Å². The highest BCUT2D eigenvalue weighted by molar-refractivity contribution is 5.73. The van der Waals surface area contributed by atoms with Crippen LogP contribution in [0.2, 0.25) is 0 Å². The molecule has 0 aromatic carbocycles. The number of carboxylic acid groups (broad SMARTS) is 2. The monoisotopic (exact) mass is 536 g/mol. The molecule has 10 nitrogen and oxygen atoms in total. The topological polar surface area (TPSA) is 126 Å². The minimum absolute atomic E-state index is 0.780. The average molecular weight is 536 g/mol. The molecule has 2 N–H and O–H groups in total. The Hall–Kier alpha value is -3.95. The average Bonchev–Trinajstić information content (AvgIpc) is 3.41. The van der Waals surface area contributed by atoms with E-state index in [1.54, 1.807) is 0 Å². The molecule has 0 fully saturated rings. The molecule has 0 amide bonds. The molecule has 0 saturated carbocycles. The van der Waals surface area contributed by atoms with Crippen LogP contribution in [-0.2, 0) is 35.6 Å². The summed E-state index contributed by atoms with van der Waals surface area (Å²) in [5.74, 6) is -4.33. The van der Waals surface area contributed by atoms with Crippen LogP contribution in [0.15, 0.2) is 49.2 Å². The van der Waals surface area contributed by atoms with Crippen molar-refractivity contribution in [1.82, 2.24) is 29.2 Å². The summed E-state index contributed by atoms with van der Waals surface area (Å²) in [4.78, 5) is 29.1. The fourth-order valence-corrected chi connectivity index (χ4v) is 3.13. The number of halogens is 6. The van der Waals surface area contributed by atoms with Gasteiger partial charge in [0.05, 0.1) is 18.4 Å². The highest BCUT2D eigenvalue weighted by atomic mass is 19.4. The van der Waals surface area contributed by atoms with Gasteiger partial charge in [0.15, 0.2) is 0 Å². The number of pyridine rings is 1. The second-order valence-corrected chi connectivity index (χ2v) is 7.51. The van der Waals surface area contributed by atoms with Crippen molar-refractivity contribution in [2.75, 3.05) is 13.1 Å². The lowest BCUT2D eigenvalue weighted by Gasteiger charge is -2.19. The molecule has 0 saturated heterocycles. The van der Waals surface area contributed by atoms with Crippen molar-refractivity contribution < 1.29 is 46.1 Å². The van der Waals surface area contributed by atoms with Crippen LogP contribution in [0.25, 0.3) is 0 Å². The molecule has 0 aliphatic carbocycles. The second kappa shape index (κ2) is 12.8. The third-order valence-electron chi connectivity index (χ3n) is 4.81. The molecule has 4 heterocycles. The number of rotatable bonds is 4. The molecule has 3 aromatic rings. The zero-order valence-electron chi connectivity index (χ0n) is 19.0. The number of hydrogen-bond donors (Lipinski definition) is 2. The Morgan fingerprint density at radius 1 is 0.892 bits per heavy atom. The molecule has 37 heavy (non-hydrogen) atoms. The van der Waals surface area contributed by atoms with Crippen LogP contribution in [-0.4, -0.2) is 76.8 Å². The third-order valence-corrected chi connectivity index (χ3v) is 4.81. The van der Waals surface area contributed by atoms with Gasteiger partial charge in [0.2, 0.25) is 0 Å². The number of fused-ring (bicyclic) bond motifs is 1. The Morgan fingerprint density at radius 3 is 2.05 bits per heavy atom. The third kappa shape index (κ3) is 9.91. The second-order valence-electron chi connectivity index (χ2n) is 7.51. The summed E-state index contributed by atoms with van der Waals surface area (Å²) in [5.41, 5.74) is 2.50. The molecule has 1 aliphatic rings. The summed E-state index contributed by atoms with van der Waals surface area (Å²) in [6, 6.07) is 6.09. The van der Waals surface area contributed by atoms with Crippen LogP contribution in [0.3, 0.4) is 0 Å². The molecule has 202 valence electrons. The van der Waals surface area contributed by atoms with Crippen LogP contribution in [0, 0.1) is 0 Å². The fraction of sp³-hybridized carbons (Fsp3) is 0.381. The molecule has 3 aromatic heterocycles. The van der Waals surface area contributed by atoms with Crippen molar-refractivity contribution in [2.24, 2.45) is 0 Å². The van der Waals surface area contributed by atoms with E-state index < -0.39 is 24.3 Å². The van der Waals surface area contributed by atoms with E-state index in [1.165, 1.54) is 17.1 Å². The normalized spacial score (nSPS) is 13.8. The van der Waals surface area contributed by atoms with Crippen molar-refractivity contribution in [3.8, 4) is 0 Å². The Labute approximate surface area is 205 Å². The van der Waals surface area contributed by atoms with Gasteiger partial charge in [-0.05, 0) is 17.7 Å². The van der Waals surface area contributed by atoms with Crippen molar-refractivity contribution >= 4 is 11.9 Å². The number of imidazole rings is 1. The first kappa shape index (κ1) is 29.3. The number of alkyl halides is 6. The quantitative estimate of drug-likeness (QED) is 0.488. The summed E-state index contributed by atoms with van der Waals surface area (Å²) in [6.45, 7) is 4.78. The number of nitrogens with zero attached hydrogens (tertiary/aromatic N) is 6. The van der Waals surface area contributed by atoms with Gasteiger partial charge in [-0.3, -0.25) is 14.6 Å². The Kier molecular flexibility index (Phi) is 10.2. The van der Waals surface area contributed by atoms with Gasteiger partial charge < -0.3 is 14.8 Å². The zero-order chi connectivity index (χ0) is 27.6. The molecule has 0 spiro atoms. The van der Waals surface area contributed by atoms with Crippen LogP contribution in [0.4, 0.5) is 26.3 Å². The molecule has 4 rings (SSSR count). The van der Waals surface area contributed by atoms with Gasteiger partial charge in [-0.25, -0.2) is 14.6 Å². The van der Waals surface area contributed by atoms with Crippen LogP contribution in [0.5, 0.6) is 0 Å². The molecule has 0 radical (unpaired) electrons. The molecule has 0 bridgehead atoms. The summed E-state index contributed by atoms with van der Waals surface area (Å²) in [7, 11) is 0. The van der Waals surface area contributed by atoms with E-state index in [0.29, 0.717) is 0 Å². The van der Waals surface area contributed by atoms with Gasteiger partial charge in [-0.1, -0.05) is 6.07 Å². The van der Waals surface area contributed by atoms with Gasteiger partial charge in [0, 0.05) is 57.4 Å². The Balaban J connectivity index is 0.000000286. The van der Waals surface area contributed by atoms with Crippen molar-refractivity contribution in [1.29, 1.82) is 0 Å². The van der Waals surface area contributed by atoms with Crippen molar-refractivity contribution in [3.05, 3.63) is 66.3 Å². The SMILES string of the molecule is O=C(O)C(F)(F)F.O=C(O)C(F)(F)F.c1cncc(CN2CCc3ncc(Cn4cccn4)n3CC2)c1. The highest BCUT2D eigenvalue weighted by Gasteiger charge is 2.38. The first-order valence-electron chi connectivity index (χ1n) is 10.5.